The Bertz CT molecular complexity index is 1110. The lowest BCUT2D eigenvalue weighted by Crippen LogP contribution is -2.38. The number of nitrogens with zero attached hydrogens (tertiary/aromatic N) is 3. The number of benzene rings is 2. The van der Waals surface area contributed by atoms with Crippen molar-refractivity contribution in [2.45, 2.75) is 13.1 Å². The predicted molar refractivity (Wildman–Crippen MR) is 119 cm³/mol. The van der Waals surface area contributed by atoms with Crippen LogP contribution in [0.25, 0.3) is 11.3 Å². The second kappa shape index (κ2) is 10.1. The first-order chi connectivity index (χ1) is 15.7. The van der Waals surface area contributed by atoms with Crippen LogP contribution in [0, 0.1) is 0 Å². The first-order valence-corrected chi connectivity index (χ1v) is 10.3. The van der Waals surface area contributed by atoms with Crippen LogP contribution < -0.4 is 20.1 Å². The number of nitrogens with two attached hydrogens (primary N) is 1. The molecule has 33 heavy (non-hydrogen) atoms. The Morgan fingerprint density at radius 3 is 2.52 bits per heavy atom. The number of aryl methyl sites for hydroxylation is 1. The monoisotopic (exact) mass is 482 g/mol. The van der Waals surface area contributed by atoms with Crippen molar-refractivity contribution in [3.63, 3.8) is 0 Å². The van der Waals surface area contributed by atoms with E-state index < -0.39 is 12.1 Å². The average Bonchev–Trinajstić information content (AvgIpc) is 3.10. The van der Waals surface area contributed by atoms with Crippen molar-refractivity contribution in [1.29, 1.82) is 0 Å². The van der Waals surface area contributed by atoms with Gasteiger partial charge >= 0.3 is 12.1 Å². The maximum atomic E-state index is 13.6. The van der Waals surface area contributed by atoms with Gasteiger partial charge in [-0.2, -0.15) is 18.3 Å². The number of carbonyl (C=O) groups is 1. The predicted octanol–water partition coefficient (Wildman–Crippen LogP) is 4.70. The number of ether oxygens (including phenoxy) is 2. The number of amides is 1. The van der Waals surface area contributed by atoms with E-state index in [4.69, 9.17) is 26.8 Å². The number of aromatic nitrogens is 2. The van der Waals surface area contributed by atoms with E-state index in [2.05, 4.69) is 5.10 Å². The number of halogens is 4. The second-order valence-electron chi connectivity index (χ2n) is 6.85. The van der Waals surface area contributed by atoms with E-state index in [1.807, 2.05) is 0 Å². The molecule has 1 heterocycles. The molecule has 2 N–H and O–H groups in total. The van der Waals surface area contributed by atoms with E-state index in [9.17, 15) is 18.0 Å². The highest BCUT2D eigenvalue weighted by Gasteiger charge is 2.44. The van der Waals surface area contributed by atoms with Gasteiger partial charge in [-0.05, 0) is 37.3 Å². The van der Waals surface area contributed by atoms with Crippen molar-refractivity contribution < 1.29 is 27.4 Å². The largest absolute Gasteiger partial charge is 0.494 e. The van der Waals surface area contributed by atoms with E-state index in [-0.39, 0.29) is 29.5 Å². The second-order valence-corrected chi connectivity index (χ2v) is 7.26. The smallest absolute Gasteiger partial charge is 0.472 e. The summed E-state index contributed by atoms with van der Waals surface area (Å²) in [6.45, 7) is 2.45. The molecule has 0 fully saturated rings. The Hall–Kier alpha value is -3.24. The van der Waals surface area contributed by atoms with E-state index in [1.54, 1.807) is 20.0 Å². The van der Waals surface area contributed by atoms with Gasteiger partial charge in [0.1, 0.15) is 18.1 Å². The van der Waals surface area contributed by atoms with E-state index in [1.165, 1.54) is 47.3 Å². The molecule has 0 atom stereocenters. The molecule has 0 aliphatic heterocycles. The van der Waals surface area contributed by atoms with Gasteiger partial charge in [-0.1, -0.05) is 17.7 Å². The van der Waals surface area contributed by atoms with Gasteiger partial charge in [-0.25, -0.2) is 0 Å². The lowest BCUT2D eigenvalue weighted by Gasteiger charge is -2.25. The molecule has 0 bridgehead atoms. The average molecular weight is 483 g/mol. The highest BCUT2D eigenvalue weighted by atomic mass is 35.5. The number of hydrogen-bond donors (Lipinski definition) is 1. The number of hydrogen-bond acceptors (Lipinski definition) is 5. The summed E-state index contributed by atoms with van der Waals surface area (Å²) in [5.41, 5.74) is 6.23. The summed E-state index contributed by atoms with van der Waals surface area (Å²) in [5.74, 6) is -1.40. The summed E-state index contributed by atoms with van der Waals surface area (Å²) in [4.78, 5) is 13.1. The van der Waals surface area contributed by atoms with Crippen LogP contribution in [0.5, 0.6) is 11.5 Å². The molecule has 2 aromatic carbocycles. The van der Waals surface area contributed by atoms with Crippen molar-refractivity contribution in [3.8, 4) is 22.8 Å². The van der Waals surface area contributed by atoms with Gasteiger partial charge < -0.3 is 15.2 Å². The molecule has 3 rings (SSSR count). The summed E-state index contributed by atoms with van der Waals surface area (Å²) >= 11 is 6.28. The van der Waals surface area contributed by atoms with Gasteiger partial charge in [0.25, 0.3) is 0 Å². The quantitative estimate of drug-likeness (QED) is 0.503. The SMILES string of the molecule is CCOc1cccc(N(C(=O)C(F)(F)F)c2ccc(OCCN)c(-c3c(Cl)cnn3C)c2)c1. The fourth-order valence-electron chi connectivity index (χ4n) is 3.24. The zero-order chi connectivity index (χ0) is 24.2. The van der Waals surface area contributed by atoms with Crippen LogP contribution >= 0.6 is 11.6 Å². The molecule has 11 heteroatoms. The number of rotatable bonds is 8. The molecular formula is C22H22ClF3N4O3. The van der Waals surface area contributed by atoms with Crippen LogP contribution in [-0.2, 0) is 11.8 Å². The van der Waals surface area contributed by atoms with Crippen molar-refractivity contribution in [2.75, 3.05) is 24.7 Å². The maximum absolute atomic E-state index is 13.6. The van der Waals surface area contributed by atoms with E-state index in [0.717, 1.165) is 0 Å². The van der Waals surface area contributed by atoms with E-state index in [0.29, 0.717) is 34.3 Å². The summed E-state index contributed by atoms with van der Waals surface area (Å²) in [6, 6.07) is 10.1. The topological polar surface area (TPSA) is 82.6 Å². The number of alkyl halides is 3. The molecule has 0 aliphatic carbocycles. The van der Waals surface area contributed by atoms with Gasteiger partial charge in [0.2, 0.25) is 0 Å². The molecule has 3 aromatic rings. The Morgan fingerprint density at radius 2 is 1.91 bits per heavy atom. The molecule has 0 saturated carbocycles. The van der Waals surface area contributed by atoms with Crippen LogP contribution in [0.15, 0.2) is 48.7 Å². The zero-order valence-corrected chi connectivity index (χ0v) is 18.7. The molecule has 7 nitrogen and oxygen atoms in total. The third-order valence-corrected chi connectivity index (χ3v) is 4.86. The first kappa shape index (κ1) is 24.4. The molecule has 0 aliphatic rings. The van der Waals surface area contributed by atoms with Gasteiger partial charge in [-0.15, -0.1) is 0 Å². The van der Waals surface area contributed by atoms with Gasteiger partial charge in [0, 0.05) is 25.2 Å². The highest BCUT2D eigenvalue weighted by Crippen LogP contribution is 2.40. The Kier molecular flexibility index (Phi) is 7.50. The highest BCUT2D eigenvalue weighted by molar-refractivity contribution is 6.33. The maximum Gasteiger partial charge on any atom is 0.472 e. The summed E-state index contributed by atoms with van der Waals surface area (Å²) < 4.78 is 53.2. The van der Waals surface area contributed by atoms with Gasteiger partial charge in [-0.3, -0.25) is 14.4 Å². The Labute approximate surface area is 193 Å². The van der Waals surface area contributed by atoms with Gasteiger partial charge in [0.15, 0.2) is 0 Å². The fourth-order valence-corrected chi connectivity index (χ4v) is 3.51. The van der Waals surface area contributed by atoms with Crippen LogP contribution in [0.2, 0.25) is 5.02 Å². The molecule has 0 unspecified atom stereocenters. The molecule has 0 spiro atoms. The fraction of sp³-hybridized carbons (Fsp3) is 0.273. The van der Waals surface area contributed by atoms with Crippen LogP contribution in [0.4, 0.5) is 24.5 Å². The zero-order valence-electron chi connectivity index (χ0n) is 17.9. The standard InChI is InChI=1S/C22H22ClF3N4O3/c1-3-32-16-6-4-5-14(11-16)30(21(31)22(24,25)26)15-7-8-19(33-10-9-27)17(12-15)20-18(23)13-28-29(20)2/h4-8,11-13H,3,9-10,27H2,1-2H3. The lowest BCUT2D eigenvalue weighted by atomic mass is 10.1. The minimum Gasteiger partial charge on any atom is -0.494 e. The normalized spacial score (nSPS) is 11.4. The third-order valence-electron chi connectivity index (χ3n) is 4.58. The summed E-state index contributed by atoms with van der Waals surface area (Å²) in [6.07, 6.45) is -3.72. The summed E-state index contributed by atoms with van der Waals surface area (Å²) in [7, 11) is 1.63. The van der Waals surface area contributed by atoms with Crippen molar-refractivity contribution in [2.24, 2.45) is 12.8 Å². The van der Waals surface area contributed by atoms with Crippen molar-refractivity contribution in [3.05, 3.63) is 53.7 Å². The van der Waals surface area contributed by atoms with Crippen molar-refractivity contribution in [1.82, 2.24) is 9.78 Å². The third kappa shape index (κ3) is 5.40. The Balaban J connectivity index is 2.21. The minimum atomic E-state index is -5.12. The minimum absolute atomic E-state index is 0.0130. The van der Waals surface area contributed by atoms with E-state index >= 15 is 0 Å². The first-order valence-electron chi connectivity index (χ1n) is 9.96. The lowest BCUT2D eigenvalue weighted by molar-refractivity contribution is -0.169. The van der Waals surface area contributed by atoms with Crippen LogP contribution in [0.3, 0.4) is 0 Å². The van der Waals surface area contributed by atoms with Gasteiger partial charge in [0.05, 0.1) is 34.9 Å². The number of anilines is 2. The van der Waals surface area contributed by atoms with Crippen molar-refractivity contribution >= 4 is 28.9 Å². The molecule has 0 saturated heterocycles. The Morgan fingerprint density at radius 1 is 1.18 bits per heavy atom. The molecule has 1 amide bonds. The molecule has 0 radical (unpaired) electrons. The molecular weight excluding hydrogens is 461 g/mol. The van der Waals surface area contributed by atoms with Crippen LogP contribution in [-0.4, -0.2) is 41.6 Å². The van der Waals surface area contributed by atoms with Crippen LogP contribution in [0.1, 0.15) is 6.92 Å². The molecule has 1 aromatic heterocycles. The number of carbonyl (C=O) groups excluding carboxylic acids is 1. The molecule has 176 valence electrons. The summed E-state index contributed by atoms with van der Waals surface area (Å²) in [5, 5.41) is 4.34.